The number of rotatable bonds is 2. The zero-order valence-electron chi connectivity index (χ0n) is 14.5. The molecule has 3 atom stereocenters. The highest BCUT2D eigenvalue weighted by atomic mass is 19.4. The summed E-state index contributed by atoms with van der Waals surface area (Å²) in [5.41, 5.74) is 0. The van der Waals surface area contributed by atoms with Crippen molar-refractivity contribution in [1.82, 2.24) is 4.90 Å². The lowest BCUT2D eigenvalue weighted by Gasteiger charge is -2.41. The van der Waals surface area contributed by atoms with E-state index in [9.17, 15) is 23.1 Å². The van der Waals surface area contributed by atoms with E-state index in [2.05, 4.69) is 4.90 Å². The Bertz CT molecular complexity index is 406. The van der Waals surface area contributed by atoms with Gasteiger partial charge in [-0.2, -0.15) is 13.2 Å². The maximum absolute atomic E-state index is 13.6. The highest BCUT2D eigenvalue weighted by molar-refractivity contribution is 5.70. The summed E-state index contributed by atoms with van der Waals surface area (Å²) >= 11 is 0. The molecule has 2 aliphatic rings. The predicted molar refractivity (Wildman–Crippen MR) is 86.7 cm³/mol. The molecule has 0 radical (unpaired) electrons. The second-order valence-corrected chi connectivity index (χ2v) is 7.62. The van der Waals surface area contributed by atoms with E-state index in [1.165, 1.54) is 6.42 Å². The van der Waals surface area contributed by atoms with E-state index < -0.39 is 24.0 Å². The van der Waals surface area contributed by atoms with Crippen LogP contribution in [0.25, 0.3) is 0 Å². The summed E-state index contributed by atoms with van der Waals surface area (Å²) < 4.78 is 40.8. The van der Waals surface area contributed by atoms with Crippen molar-refractivity contribution < 1.29 is 23.1 Å². The van der Waals surface area contributed by atoms with Gasteiger partial charge >= 0.3 is 12.1 Å². The number of nitrogens with zero attached hydrogens (tertiary/aromatic N) is 1. The summed E-state index contributed by atoms with van der Waals surface area (Å²) in [5.74, 6) is -4.06. The van der Waals surface area contributed by atoms with E-state index in [-0.39, 0.29) is 24.8 Å². The third-order valence-electron chi connectivity index (χ3n) is 6.00. The van der Waals surface area contributed by atoms with Gasteiger partial charge in [-0.3, -0.25) is 4.79 Å². The molecular weight excluding hydrogens is 319 g/mol. The molecular formula is C18H30F3NO2. The van der Waals surface area contributed by atoms with Crippen molar-refractivity contribution in [3.05, 3.63) is 0 Å². The second-order valence-electron chi connectivity index (χ2n) is 7.62. The summed E-state index contributed by atoms with van der Waals surface area (Å²) in [6.07, 6.45) is 3.75. The minimum atomic E-state index is -4.44. The first-order valence-electron chi connectivity index (χ1n) is 9.30. The van der Waals surface area contributed by atoms with Crippen LogP contribution in [0, 0.1) is 17.8 Å². The van der Waals surface area contributed by atoms with Crippen LogP contribution in [0.5, 0.6) is 0 Å². The van der Waals surface area contributed by atoms with Crippen LogP contribution in [0.15, 0.2) is 0 Å². The van der Waals surface area contributed by atoms with E-state index in [0.717, 1.165) is 38.5 Å². The smallest absolute Gasteiger partial charge is 0.392 e. The summed E-state index contributed by atoms with van der Waals surface area (Å²) in [7, 11) is 1.91. The van der Waals surface area contributed by atoms with Gasteiger partial charge in [0.05, 0.1) is 11.8 Å². The van der Waals surface area contributed by atoms with Crippen molar-refractivity contribution in [2.24, 2.45) is 17.8 Å². The van der Waals surface area contributed by atoms with Crippen molar-refractivity contribution in [2.45, 2.75) is 76.4 Å². The molecule has 1 aliphatic carbocycles. The molecule has 1 N–H and O–H groups in total. The van der Waals surface area contributed by atoms with Gasteiger partial charge in [-0.25, -0.2) is 0 Å². The molecule has 2 fully saturated rings. The standard InChI is InChI=1S/C18H30F3NO2/c1-22-11-7-10-14(17(23)24)15(18(19,20)21)12-16(22)13-8-5-3-2-4-6-9-13/h13-16H,2-12H2,1H3,(H,23,24). The molecule has 1 saturated heterocycles. The molecule has 0 bridgehead atoms. The first-order chi connectivity index (χ1) is 11.3. The number of aliphatic carboxylic acids is 1. The molecule has 3 nitrogen and oxygen atoms in total. The number of likely N-dealkylation sites (tertiary alicyclic amines) is 1. The molecule has 1 heterocycles. The Morgan fingerprint density at radius 2 is 1.58 bits per heavy atom. The molecule has 0 amide bonds. The third-order valence-corrected chi connectivity index (χ3v) is 6.00. The van der Waals surface area contributed by atoms with Gasteiger partial charge in [-0.05, 0) is 51.6 Å². The van der Waals surface area contributed by atoms with Crippen LogP contribution in [-0.4, -0.2) is 41.8 Å². The minimum absolute atomic E-state index is 0.0678. The van der Waals surface area contributed by atoms with E-state index >= 15 is 0 Å². The fourth-order valence-corrected chi connectivity index (χ4v) is 4.61. The van der Waals surface area contributed by atoms with Gasteiger partial charge in [0.15, 0.2) is 0 Å². The topological polar surface area (TPSA) is 40.5 Å². The van der Waals surface area contributed by atoms with E-state index in [0.29, 0.717) is 13.0 Å². The van der Waals surface area contributed by atoms with Crippen molar-refractivity contribution in [2.75, 3.05) is 13.6 Å². The van der Waals surface area contributed by atoms with Gasteiger partial charge in [-0.15, -0.1) is 0 Å². The van der Waals surface area contributed by atoms with Crippen molar-refractivity contribution in [1.29, 1.82) is 0 Å². The highest BCUT2D eigenvalue weighted by Gasteiger charge is 2.49. The highest BCUT2D eigenvalue weighted by Crippen LogP contribution is 2.42. The van der Waals surface area contributed by atoms with Crippen LogP contribution >= 0.6 is 0 Å². The van der Waals surface area contributed by atoms with Gasteiger partial charge in [0.1, 0.15) is 0 Å². The van der Waals surface area contributed by atoms with E-state index in [1.54, 1.807) is 0 Å². The molecule has 0 spiro atoms. The van der Waals surface area contributed by atoms with Gasteiger partial charge in [0.25, 0.3) is 0 Å². The maximum Gasteiger partial charge on any atom is 0.392 e. The first-order valence-corrected chi connectivity index (χ1v) is 9.30. The monoisotopic (exact) mass is 349 g/mol. The average Bonchev–Trinajstić information content (AvgIpc) is 2.42. The Morgan fingerprint density at radius 1 is 1.00 bits per heavy atom. The lowest BCUT2D eigenvalue weighted by atomic mass is 9.75. The molecule has 24 heavy (non-hydrogen) atoms. The lowest BCUT2D eigenvalue weighted by molar-refractivity contribution is -0.205. The maximum atomic E-state index is 13.6. The second kappa shape index (κ2) is 8.54. The zero-order chi connectivity index (χ0) is 17.7. The summed E-state index contributed by atoms with van der Waals surface area (Å²) in [6.45, 7) is 0.690. The molecule has 0 aromatic carbocycles. The molecule has 3 unspecified atom stereocenters. The van der Waals surface area contributed by atoms with Crippen LogP contribution in [0.1, 0.15) is 64.2 Å². The van der Waals surface area contributed by atoms with Gasteiger partial charge < -0.3 is 10.0 Å². The largest absolute Gasteiger partial charge is 0.481 e. The molecule has 6 heteroatoms. The molecule has 1 aliphatic heterocycles. The number of carboxylic acid groups (broad SMARTS) is 1. The number of alkyl halides is 3. The van der Waals surface area contributed by atoms with E-state index in [1.807, 2.05) is 7.05 Å². The third kappa shape index (κ3) is 5.11. The van der Waals surface area contributed by atoms with Crippen molar-refractivity contribution in [3.63, 3.8) is 0 Å². The summed E-state index contributed by atoms with van der Waals surface area (Å²) in [6, 6.07) is -0.156. The Hall–Kier alpha value is -0.780. The molecule has 1 saturated carbocycles. The average molecular weight is 349 g/mol. The zero-order valence-corrected chi connectivity index (χ0v) is 14.5. The number of carbonyl (C=O) groups is 1. The number of carboxylic acids is 1. The van der Waals surface area contributed by atoms with Crippen LogP contribution < -0.4 is 0 Å². The summed E-state index contributed by atoms with van der Waals surface area (Å²) in [5, 5.41) is 9.32. The van der Waals surface area contributed by atoms with Crippen molar-refractivity contribution in [3.8, 4) is 0 Å². The molecule has 0 aromatic rings. The number of halogens is 3. The van der Waals surface area contributed by atoms with E-state index in [4.69, 9.17) is 0 Å². The first kappa shape index (κ1) is 19.5. The molecule has 0 aromatic heterocycles. The summed E-state index contributed by atoms with van der Waals surface area (Å²) in [4.78, 5) is 13.5. The predicted octanol–water partition coefficient (Wildman–Crippen LogP) is 4.71. The Kier molecular flexibility index (Phi) is 6.96. The van der Waals surface area contributed by atoms with Crippen LogP contribution in [0.3, 0.4) is 0 Å². The Labute approximate surface area is 142 Å². The van der Waals surface area contributed by atoms with Crippen molar-refractivity contribution >= 4 is 5.97 Å². The molecule has 140 valence electrons. The minimum Gasteiger partial charge on any atom is -0.481 e. The number of hydrogen-bond acceptors (Lipinski definition) is 2. The molecule has 2 rings (SSSR count). The Balaban J connectivity index is 2.21. The quantitative estimate of drug-likeness (QED) is 0.785. The van der Waals surface area contributed by atoms with Crippen LogP contribution in [-0.2, 0) is 4.79 Å². The van der Waals surface area contributed by atoms with Gasteiger partial charge in [0, 0.05) is 6.04 Å². The van der Waals surface area contributed by atoms with Gasteiger partial charge in [-0.1, -0.05) is 32.1 Å². The normalized spacial score (nSPS) is 32.4. The van der Waals surface area contributed by atoms with Crippen LogP contribution in [0.2, 0.25) is 0 Å². The van der Waals surface area contributed by atoms with Gasteiger partial charge in [0.2, 0.25) is 0 Å². The fraction of sp³-hybridized carbons (Fsp3) is 0.944. The number of hydrogen-bond donors (Lipinski definition) is 1. The van der Waals surface area contributed by atoms with Crippen LogP contribution in [0.4, 0.5) is 13.2 Å². The Morgan fingerprint density at radius 3 is 2.12 bits per heavy atom. The lowest BCUT2D eigenvalue weighted by Crippen LogP contribution is -2.47. The fourth-order valence-electron chi connectivity index (χ4n) is 4.61. The SMILES string of the molecule is CN1CCCC(C(=O)O)C(C(F)(F)F)CC1C1CCCCCCC1.